The van der Waals surface area contributed by atoms with Crippen molar-refractivity contribution in [2.75, 3.05) is 5.75 Å². The minimum atomic E-state index is -0.705. The van der Waals surface area contributed by atoms with E-state index in [1.807, 2.05) is 81.4 Å². The highest BCUT2D eigenvalue weighted by Gasteiger charge is 2.32. The Morgan fingerprint density at radius 1 is 0.892 bits per heavy atom. The molecule has 0 saturated heterocycles. The number of nitrogens with one attached hydrogen (secondary N) is 1. The maximum absolute atomic E-state index is 13.7. The van der Waals surface area contributed by atoms with Gasteiger partial charge in [0.2, 0.25) is 11.8 Å². The van der Waals surface area contributed by atoms with E-state index in [1.54, 1.807) is 28.8 Å². The van der Waals surface area contributed by atoms with Crippen LogP contribution in [0.15, 0.2) is 77.7 Å². The Morgan fingerprint density at radius 3 is 2.19 bits per heavy atom. The predicted octanol–water partition coefficient (Wildman–Crippen LogP) is 7.68. The Balaban J connectivity index is 1.88. The lowest BCUT2D eigenvalue weighted by atomic mass is 10.0. The first kappa shape index (κ1) is 29.4. The van der Waals surface area contributed by atoms with Crippen molar-refractivity contribution >= 4 is 58.4 Å². The summed E-state index contributed by atoms with van der Waals surface area (Å²) in [5, 5.41) is 4.58. The number of thioether (sulfide) groups is 1. The zero-order valence-corrected chi connectivity index (χ0v) is 24.2. The fourth-order valence-electron chi connectivity index (χ4n) is 3.77. The summed E-state index contributed by atoms with van der Waals surface area (Å²) in [5.74, 6) is 0.254. The minimum Gasteiger partial charge on any atom is -0.350 e. The number of carbonyl (C=O) groups is 2. The molecule has 1 atom stereocenters. The number of hydrogen-bond donors (Lipinski definition) is 1. The lowest BCUT2D eigenvalue weighted by Gasteiger charge is -2.34. The minimum absolute atomic E-state index is 0.113. The van der Waals surface area contributed by atoms with Crippen LogP contribution in [0.2, 0.25) is 15.1 Å². The Hall–Kier alpha value is -2.18. The van der Waals surface area contributed by atoms with Crippen LogP contribution in [0.4, 0.5) is 0 Å². The van der Waals surface area contributed by atoms with Crippen LogP contribution in [0.5, 0.6) is 0 Å². The molecule has 2 amide bonds. The molecule has 0 radical (unpaired) electrons. The second-order valence-electron chi connectivity index (χ2n) is 9.77. The average molecular weight is 578 g/mol. The van der Waals surface area contributed by atoms with E-state index in [-0.39, 0.29) is 24.8 Å². The Morgan fingerprint density at radius 2 is 1.57 bits per heavy atom. The first-order valence-electron chi connectivity index (χ1n) is 12.0. The number of nitrogens with zero attached hydrogens (tertiary/aromatic N) is 1. The molecule has 1 N–H and O–H groups in total. The zero-order valence-electron chi connectivity index (χ0n) is 21.1. The van der Waals surface area contributed by atoms with Gasteiger partial charge in [0.15, 0.2) is 0 Å². The van der Waals surface area contributed by atoms with E-state index in [9.17, 15) is 9.59 Å². The monoisotopic (exact) mass is 576 g/mol. The smallest absolute Gasteiger partial charge is 0.243 e. The Bertz CT molecular complexity index is 1200. The van der Waals surface area contributed by atoms with Gasteiger partial charge in [-0.05, 0) is 68.3 Å². The number of benzene rings is 3. The molecule has 8 heteroatoms. The zero-order chi connectivity index (χ0) is 27.0. The first-order chi connectivity index (χ1) is 17.5. The molecule has 0 aliphatic rings. The highest BCUT2D eigenvalue weighted by molar-refractivity contribution is 7.99. The summed E-state index contributed by atoms with van der Waals surface area (Å²) >= 11 is 20.0. The van der Waals surface area contributed by atoms with Crippen molar-refractivity contribution in [2.45, 2.75) is 56.6 Å². The highest BCUT2D eigenvalue weighted by atomic mass is 35.5. The van der Waals surface area contributed by atoms with Crippen LogP contribution in [0.25, 0.3) is 0 Å². The van der Waals surface area contributed by atoms with E-state index >= 15 is 0 Å². The molecule has 0 fully saturated rings. The van der Waals surface area contributed by atoms with Crippen LogP contribution in [0.1, 0.15) is 38.3 Å². The third-order valence-corrected chi connectivity index (χ3v) is 7.51. The normalized spacial score (nSPS) is 12.2. The fourth-order valence-corrected chi connectivity index (χ4v) is 5.06. The van der Waals surface area contributed by atoms with E-state index in [2.05, 4.69) is 5.32 Å². The molecule has 0 saturated carbocycles. The van der Waals surface area contributed by atoms with Crippen LogP contribution in [-0.2, 0) is 22.6 Å². The van der Waals surface area contributed by atoms with Gasteiger partial charge in [-0.25, -0.2) is 0 Å². The molecule has 0 bridgehead atoms. The van der Waals surface area contributed by atoms with Crippen molar-refractivity contribution in [2.24, 2.45) is 0 Å². The van der Waals surface area contributed by atoms with Gasteiger partial charge in [-0.15, -0.1) is 11.8 Å². The van der Waals surface area contributed by atoms with Crippen molar-refractivity contribution in [3.8, 4) is 0 Å². The lowest BCUT2D eigenvalue weighted by Crippen LogP contribution is -2.54. The number of halogens is 3. The summed E-state index contributed by atoms with van der Waals surface area (Å²) in [6.45, 7) is 6.02. The maximum atomic E-state index is 13.7. The molecule has 3 rings (SSSR count). The first-order valence-corrected chi connectivity index (χ1v) is 14.1. The molecule has 4 nitrogen and oxygen atoms in total. The van der Waals surface area contributed by atoms with E-state index in [4.69, 9.17) is 34.8 Å². The molecule has 0 aliphatic heterocycles. The molecule has 37 heavy (non-hydrogen) atoms. The summed E-state index contributed by atoms with van der Waals surface area (Å²) in [6, 6.07) is 21.8. The predicted molar refractivity (Wildman–Crippen MR) is 156 cm³/mol. The van der Waals surface area contributed by atoms with Gasteiger partial charge in [0, 0.05) is 40.6 Å². The Kier molecular flexibility index (Phi) is 10.8. The van der Waals surface area contributed by atoms with Crippen molar-refractivity contribution in [3.05, 3.63) is 99.0 Å². The van der Waals surface area contributed by atoms with Crippen molar-refractivity contribution in [3.63, 3.8) is 0 Å². The number of carbonyl (C=O) groups excluding carboxylic acids is 2. The molecule has 196 valence electrons. The van der Waals surface area contributed by atoms with Gasteiger partial charge in [-0.2, -0.15) is 0 Å². The molecule has 3 aromatic rings. The fraction of sp³-hybridized carbons (Fsp3) is 0.310. The van der Waals surface area contributed by atoms with Crippen LogP contribution < -0.4 is 5.32 Å². The standard InChI is InChI=1S/C29H31Cl3N2O2S/c1-29(2,3)33-28(36)26(18-20-7-5-4-6-8-20)34(19-21-9-14-24(31)25(32)17-21)27(35)15-16-37-23-12-10-22(30)11-13-23/h4-14,17,26H,15-16,18-19H2,1-3H3,(H,33,36)/t26-/m0/s1. The van der Waals surface area contributed by atoms with Crippen molar-refractivity contribution < 1.29 is 9.59 Å². The van der Waals surface area contributed by atoms with Gasteiger partial charge in [-0.1, -0.05) is 71.2 Å². The van der Waals surface area contributed by atoms with E-state index < -0.39 is 11.6 Å². The third-order valence-electron chi connectivity index (χ3n) is 5.50. The summed E-state index contributed by atoms with van der Waals surface area (Å²) < 4.78 is 0. The van der Waals surface area contributed by atoms with Crippen molar-refractivity contribution in [1.82, 2.24) is 10.2 Å². The topological polar surface area (TPSA) is 49.4 Å². The highest BCUT2D eigenvalue weighted by Crippen LogP contribution is 2.26. The molecular formula is C29H31Cl3N2O2S. The van der Waals surface area contributed by atoms with Gasteiger partial charge in [-0.3, -0.25) is 9.59 Å². The lowest BCUT2D eigenvalue weighted by molar-refractivity contribution is -0.141. The van der Waals surface area contributed by atoms with E-state index in [1.165, 1.54) is 0 Å². The molecule has 0 unspecified atom stereocenters. The summed E-state index contributed by atoms with van der Waals surface area (Å²) in [7, 11) is 0. The molecule has 0 spiro atoms. The van der Waals surface area contributed by atoms with Gasteiger partial charge in [0.05, 0.1) is 10.0 Å². The van der Waals surface area contributed by atoms with E-state index in [0.29, 0.717) is 27.2 Å². The number of amides is 2. The van der Waals surface area contributed by atoms with Gasteiger partial charge in [0.1, 0.15) is 6.04 Å². The summed E-state index contributed by atoms with van der Waals surface area (Å²) in [4.78, 5) is 30.0. The second-order valence-corrected chi connectivity index (χ2v) is 12.2. The SMILES string of the molecule is CC(C)(C)NC(=O)[C@H](Cc1ccccc1)N(Cc1ccc(Cl)c(Cl)c1)C(=O)CCSc1ccc(Cl)cc1. The third kappa shape index (κ3) is 9.57. The quantitative estimate of drug-likeness (QED) is 0.251. The van der Waals surface area contributed by atoms with Crippen molar-refractivity contribution in [1.29, 1.82) is 0 Å². The molecular weight excluding hydrogens is 547 g/mol. The van der Waals surface area contributed by atoms with Crippen LogP contribution in [0.3, 0.4) is 0 Å². The van der Waals surface area contributed by atoms with Gasteiger partial charge >= 0.3 is 0 Å². The average Bonchev–Trinajstić information content (AvgIpc) is 2.84. The summed E-state index contributed by atoms with van der Waals surface area (Å²) in [6.07, 6.45) is 0.656. The second kappa shape index (κ2) is 13.6. The van der Waals surface area contributed by atoms with Gasteiger partial charge < -0.3 is 10.2 Å². The summed E-state index contributed by atoms with van der Waals surface area (Å²) in [5.41, 5.74) is 1.32. The number of hydrogen-bond acceptors (Lipinski definition) is 3. The van der Waals surface area contributed by atoms with Crippen LogP contribution in [-0.4, -0.2) is 34.0 Å². The largest absolute Gasteiger partial charge is 0.350 e. The molecule has 0 heterocycles. The van der Waals surface area contributed by atoms with Crippen LogP contribution >= 0.6 is 46.6 Å². The van der Waals surface area contributed by atoms with E-state index in [0.717, 1.165) is 16.0 Å². The molecule has 3 aromatic carbocycles. The number of rotatable bonds is 10. The molecule has 0 aliphatic carbocycles. The maximum Gasteiger partial charge on any atom is 0.243 e. The van der Waals surface area contributed by atoms with Crippen LogP contribution in [0, 0.1) is 0 Å². The van der Waals surface area contributed by atoms with Gasteiger partial charge in [0.25, 0.3) is 0 Å². The Labute approximate surface area is 238 Å². The molecule has 0 aromatic heterocycles.